The van der Waals surface area contributed by atoms with Crippen LogP contribution in [0.3, 0.4) is 0 Å². The van der Waals surface area contributed by atoms with E-state index in [0.717, 1.165) is 12.8 Å². The summed E-state index contributed by atoms with van der Waals surface area (Å²) in [5.74, 6) is 0. The third-order valence-corrected chi connectivity index (χ3v) is 1.64. The zero-order valence-electron chi connectivity index (χ0n) is 5.14. The smallest absolute Gasteiger partial charge is 0.0572 e. The topological polar surface area (TPSA) is 20.2 Å². The van der Waals surface area contributed by atoms with Gasteiger partial charge >= 0.3 is 0 Å². The molecule has 0 spiro atoms. The summed E-state index contributed by atoms with van der Waals surface area (Å²) in [6.45, 7) is 0. The van der Waals surface area contributed by atoms with Gasteiger partial charge in [0.05, 0.1) is 6.10 Å². The lowest BCUT2D eigenvalue weighted by Crippen LogP contribution is -2.03. The van der Waals surface area contributed by atoms with Crippen LogP contribution in [-0.2, 0) is 0 Å². The predicted octanol–water partition coefficient (Wildman–Crippen LogP) is 1.52. The van der Waals surface area contributed by atoms with E-state index in [1.165, 1.54) is 19.3 Å². The van der Waals surface area contributed by atoms with Gasteiger partial charge in [-0.15, -0.1) is 0 Å². The van der Waals surface area contributed by atoms with Gasteiger partial charge in [-0.25, -0.2) is 0 Å². The average molecular weight is 113 g/mol. The lowest BCUT2D eigenvalue weighted by Gasteiger charge is -2.01. The fourth-order valence-electron chi connectivity index (χ4n) is 1.10. The van der Waals surface area contributed by atoms with E-state index >= 15 is 0 Å². The maximum absolute atomic E-state index is 9.03. The molecule has 8 heavy (non-hydrogen) atoms. The van der Waals surface area contributed by atoms with E-state index in [9.17, 15) is 0 Å². The van der Waals surface area contributed by atoms with Crippen LogP contribution < -0.4 is 0 Å². The molecule has 0 aromatic rings. The van der Waals surface area contributed by atoms with Gasteiger partial charge in [-0.3, -0.25) is 0 Å². The Morgan fingerprint density at radius 1 is 1.25 bits per heavy atom. The molecule has 1 radical (unpaired) electrons. The van der Waals surface area contributed by atoms with Crippen molar-refractivity contribution in [1.29, 1.82) is 0 Å². The summed E-state index contributed by atoms with van der Waals surface area (Å²) in [4.78, 5) is 0. The minimum absolute atomic E-state index is 0.0995. The van der Waals surface area contributed by atoms with Crippen molar-refractivity contribution in [3.8, 4) is 0 Å². The van der Waals surface area contributed by atoms with Crippen LogP contribution in [0.25, 0.3) is 0 Å². The Bertz CT molecular complexity index is 53.4. The summed E-state index contributed by atoms with van der Waals surface area (Å²) < 4.78 is 0. The minimum atomic E-state index is -0.0995. The summed E-state index contributed by atoms with van der Waals surface area (Å²) in [7, 11) is 0. The third kappa shape index (κ3) is 1.83. The molecule has 1 unspecified atom stereocenters. The van der Waals surface area contributed by atoms with E-state index in [4.69, 9.17) is 5.11 Å². The first kappa shape index (κ1) is 6.09. The molecule has 1 N–H and O–H groups in total. The van der Waals surface area contributed by atoms with Crippen LogP contribution in [0, 0.1) is 6.42 Å². The second-order valence-electron chi connectivity index (χ2n) is 2.44. The molecule has 47 valence electrons. The highest BCUT2D eigenvalue weighted by atomic mass is 16.3. The second kappa shape index (κ2) is 3.08. The molecule has 0 aliphatic heterocycles. The molecule has 0 aromatic heterocycles. The number of aliphatic hydroxyl groups is 1. The Kier molecular flexibility index (Phi) is 2.34. The highest BCUT2D eigenvalue weighted by Gasteiger charge is 2.06. The van der Waals surface area contributed by atoms with Gasteiger partial charge in [0.25, 0.3) is 0 Å². The summed E-state index contributed by atoms with van der Waals surface area (Å²) in [5, 5.41) is 9.03. The predicted molar refractivity (Wildman–Crippen MR) is 33.4 cm³/mol. The van der Waals surface area contributed by atoms with Crippen molar-refractivity contribution >= 4 is 0 Å². The zero-order valence-corrected chi connectivity index (χ0v) is 5.14. The van der Waals surface area contributed by atoms with E-state index in [1.807, 2.05) is 6.42 Å². The normalized spacial score (nSPS) is 25.1. The van der Waals surface area contributed by atoms with Crippen molar-refractivity contribution in [2.24, 2.45) is 0 Å². The molecule has 0 saturated heterocycles. The fraction of sp³-hybridized carbons (Fsp3) is 0.857. The molecular weight excluding hydrogens is 100 g/mol. The lowest BCUT2D eigenvalue weighted by molar-refractivity contribution is 0.195. The Morgan fingerprint density at radius 3 is 3.00 bits per heavy atom. The highest BCUT2D eigenvalue weighted by Crippen LogP contribution is 2.15. The standard InChI is InChI=1S/C7H13O/c8-7-5-3-1-2-4-6-7/h5,7-8H,1-4,6H2. The molecule has 1 atom stereocenters. The van der Waals surface area contributed by atoms with Gasteiger partial charge < -0.3 is 5.11 Å². The Morgan fingerprint density at radius 2 is 2.12 bits per heavy atom. The maximum atomic E-state index is 9.03. The van der Waals surface area contributed by atoms with Crippen molar-refractivity contribution in [2.75, 3.05) is 0 Å². The summed E-state index contributed by atoms with van der Waals surface area (Å²) >= 11 is 0. The Labute approximate surface area is 50.7 Å². The van der Waals surface area contributed by atoms with E-state index in [1.54, 1.807) is 0 Å². The van der Waals surface area contributed by atoms with Crippen LogP contribution >= 0.6 is 0 Å². The zero-order chi connectivity index (χ0) is 5.82. The highest BCUT2D eigenvalue weighted by molar-refractivity contribution is 4.77. The number of hydrogen-bond donors (Lipinski definition) is 1. The molecule has 1 saturated carbocycles. The Balaban J connectivity index is 2.17. The van der Waals surface area contributed by atoms with Gasteiger partial charge in [-0.2, -0.15) is 0 Å². The number of aliphatic hydroxyl groups excluding tert-OH is 1. The summed E-state index contributed by atoms with van der Waals surface area (Å²) in [6.07, 6.45) is 7.80. The van der Waals surface area contributed by atoms with Crippen LogP contribution in [0.5, 0.6) is 0 Å². The Hall–Kier alpha value is -0.0400. The summed E-state index contributed by atoms with van der Waals surface area (Å²) in [6, 6.07) is 0. The van der Waals surface area contributed by atoms with E-state index in [2.05, 4.69) is 0 Å². The van der Waals surface area contributed by atoms with Crippen LogP contribution in [0.15, 0.2) is 0 Å². The number of hydrogen-bond acceptors (Lipinski definition) is 1. The third-order valence-electron chi connectivity index (χ3n) is 1.64. The molecule has 0 aromatic carbocycles. The van der Waals surface area contributed by atoms with Crippen LogP contribution in [-0.4, -0.2) is 11.2 Å². The van der Waals surface area contributed by atoms with Crippen LogP contribution in [0.2, 0.25) is 0 Å². The number of rotatable bonds is 0. The monoisotopic (exact) mass is 113 g/mol. The molecule has 0 bridgehead atoms. The summed E-state index contributed by atoms with van der Waals surface area (Å²) in [5.41, 5.74) is 0. The van der Waals surface area contributed by atoms with Gasteiger partial charge in [0.2, 0.25) is 0 Å². The molecule has 0 heterocycles. The molecule has 0 amide bonds. The maximum Gasteiger partial charge on any atom is 0.0572 e. The molecule has 1 aliphatic carbocycles. The first-order valence-electron chi connectivity index (χ1n) is 3.41. The van der Waals surface area contributed by atoms with Crippen molar-refractivity contribution in [3.05, 3.63) is 6.42 Å². The molecule has 1 aliphatic rings. The van der Waals surface area contributed by atoms with Crippen molar-refractivity contribution < 1.29 is 5.11 Å². The minimum Gasteiger partial charge on any atom is -0.393 e. The molecule has 1 fully saturated rings. The van der Waals surface area contributed by atoms with Gasteiger partial charge in [-0.1, -0.05) is 19.3 Å². The molecular formula is C7H13O. The van der Waals surface area contributed by atoms with Crippen molar-refractivity contribution in [3.63, 3.8) is 0 Å². The largest absolute Gasteiger partial charge is 0.393 e. The lowest BCUT2D eigenvalue weighted by atomic mass is 10.2. The van der Waals surface area contributed by atoms with Crippen LogP contribution in [0.1, 0.15) is 32.1 Å². The first-order chi connectivity index (χ1) is 3.89. The van der Waals surface area contributed by atoms with Gasteiger partial charge in [0.1, 0.15) is 0 Å². The van der Waals surface area contributed by atoms with E-state index in [-0.39, 0.29) is 6.10 Å². The van der Waals surface area contributed by atoms with Crippen molar-refractivity contribution in [2.45, 2.75) is 38.2 Å². The second-order valence-corrected chi connectivity index (χ2v) is 2.44. The van der Waals surface area contributed by atoms with Gasteiger partial charge in [0.15, 0.2) is 0 Å². The van der Waals surface area contributed by atoms with E-state index < -0.39 is 0 Å². The fourth-order valence-corrected chi connectivity index (χ4v) is 1.10. The van der Waals surface area contributed by atoms with Gasteiger partial charge in [0, 0.05) is 0 Å². The first-order valence-corrected chi connectivity index (χ1v) is 3.41. The molecule has 1 nitrogen and oxygen atoms in total. The van der Waals surface area contributed by atoms with Gasteiger partial charge in [-0.05, 0) is 19.3 Å². The molecule has 1 rings (SSSR count). The quantitative estimate of drug-likeness (QED) is 0.472. The van der Waals surface area contributed by atoms with E-state index in [0.29, 0.717) is 0 Å². The average Bonchev–Trinajstić information content (AvgIpc) is 1.94. The van der Waals surface area contributed by atoms with Crippen molar-refractivity contribution in [1.82, 2.24) is 0 Å². The molecule has 1 heteroatoms. The van der Waals surface area contributed by atoms with Crippen LogP contribution in [0.4, 0.5) is 0 Å². The SMILES string of the molecule is OC1[CH]CCCCC1.